The summed E-state index contributed by atoms with van der Waals surface area (Å²) in [4.78, 5) is 23.5. The molecule has 1 atom stereocenters. The maximum absolute atomic E-state index is 11.8. The molecule has 6 nitrogen and oxygen atoms in total. The minimum atomic E-state index is -0.182. The number of urea groups is 1. The lowest BCUT2D eigenvalue weighted by Gasteiger charge is -2.22. The monoisotopic (exact) mass is 307 g/mol. The van der Waals surface area contributed by atoms with Gasteiger partial charge in [-0.3, -0.25) is 4.79 Å². The van der Waals surface area contributed by atoms with Crippen LogP contribution >= 0.6 is 0 Å². The molecule has 6 heteroatoms. The maximum atomic E-state index is 11.8. The van der Waals surface area contributed by atoms with Crippen LogP contribution in [-0.4, -0.2) is 24.5 Å². The Bertz CT molecular complexity index is 467. The normalized spacial score (nSPS) is 16.8. The lowest BCUT2D eigenvalue weighted by Crippen LogP contribution is -2.43. The van der Waals surface area contributed by atoms with Crippen LogP contribution in [0.25, 0.3) is 0 Å². The van der Waals surface area contributed by atoms with Gasteiger partial charge in [-0.2, -0.15) is 0 Å². The van der Waals surface area contributed by atoms with Crippen LogP contribution in [-0.2, 0) is 4.79 Å². The highest BCUT2D eigenvalue weighted by atomic mass is 16.3. The fraction of sp³-hybridized carbons (Fsp3) is 0.625. The third-order valence-corrected chi connectivity index (χ3v) is 3.93. The smallest absolute Gasteiger partial charge is 0.315 e. The Balaban J connectivity index is 1.59. The first-order valence-corrected chi connectivity index (χ1v) is 8.02. The zero-order chi connectivity index (χ0) is 15.8. The van der Waals surface area contributed by atoms with E-state index in [1.165, 1.54) is 19.3 Å². The van der Waals surface area contributed by atoms with Crippen molar-refractivity contribution in [1.82, 2.24) is 16.0 Å². The third-order valence-electron chi connectivity index (χ3n) is 3.93. The predicted octanol–water partition coefficient (Wildman–Crippen LogP) is 2.48. The summed E-state index contributed by atoms with van der Waals surface area (Å²) >= 11 is 0. The van der Waals surface area contributed by atoms with E-state index in [9.17, 15) is 9.59 Å². The Hall–Kier alpha value is -1.98. The molecule has 1 aliphatic carbocycles. The summed E-state index contributed by atoms with van der Waals surface area (Å²) in [6.07, 6.45) is 7.55. The Morgan fingerprint density at radius 1 is 1.32 bits per heavy atom. The molecular formula is C16H25N3O3. The van der Waals surface area contributed by atoms with Gasteiger partial charge in [0.1, 0.15) is 5.76 Å². The minimum absolute atomic E-state index is 0.109. The van der Waals surface area contributed by atoms with Crippen molar-refractivity contribution in [3.8, 4) is 0 Å². The summed E-state index contributed by atoms with van der Waals surface area (Å²) in [5, 5.41) is 8.53. The Kier molecular flexibility index (Phi) is 6.30. The molecule has 22 heavy (non-hydrogen) atoms. The van der Waals surface area contributed by atoms with E-state index in [-0.39, 0.29) is 30.4 Å². The first-order chi connectivity index (χ1) is 10.6. The van der Waals surface area contributed by atoms with E-state index >= 15 is 0 Å². The molecule has 1 fully saturated rings. The Labute approximate surface area is 131 Å². The molecule has 0 saturated heterocycles. The number of amides is 3. The van der Waals surface area contributed by atoms with E-state index in [2.05, 4.69) is 16.0 Å². The summed E-state index contributed by atoms with van der Waals surface area (Å²) in [7, 11) is 0. The molecule has 1 heterocycles. The fourth-order valence-corrected chi connectivity index (χ4v) is 2.70. The van der Waals surface area contributed by atoms with Crippen molar-refractivity contribution >= 4 is 11.9 Å². The van der Waals surface area contributed by atoms with Crippen LogP contribution in [0.1, 0.15) is 57.3 Å². The lowest BCUT2D eigenvalue weighted by atomic mass is 9.96. The molecule has 1 aromatic rings. The van der Waals surface area contributed by atoms with Gasteiger partial charge in [0.2, 0.25) is 5.91 Å². The molecule has 1 aliphatic rings. The molecule has 3 N–H and O–H groups in total. The molecule has 122 valence electrons. The highest BCUT2D eigenvalue weighted by molar-refractivity contribution is 5.78. The third kappa shape index (κ3) is 5.42. The molecule has 1 saturated carbocycles. The van der Waals surface area contributed by atoms with Crippen LogP contribution in [0, 0.1) is 0 Å². The standard InChI is InChI=1S/C16H25N3O3/c1-12(14-8-5-11-22-14)18-15(20)9-10-17-16(21)19-13-6-3-2-4-7-13/h5,8,11-13H,2-4,6-7,9-10H2,1H3,(H,18,20)(H2,17,19,21). The summed E-state index contributed by atoms with van der Waals surface area (Å²) in [6, 6.07) is 3.54. The molecule has 0 radical (unpaired) electrons. The number of hydrogen-bond acceptors (Lipinski definition) is 3. The Morgan fingerprint density at radius 2 is 2.09 bits per heavy atom. The minimum Gasteiger partial charge on any atom is -0.467 e. The van der Waals surface area contributed by atoms with Crippen LogP contribution in [0.4, 0.5) is 4.79 Å². The number of hydrogen-bond donors (Lipinski definition) is 3. The molecule has 0 aromatic carbocycles. The van der Waals surface area contributed by atoms with Gasteiger partial charge in [-0.25, -0.2) is 4.79 Å². The van der Waals surface area contributed by atoms with E-state index in [4.69, 9.17) is 4.42 Å². The first kappa shape index (κ1) is 16.4. The van der Waals surface area contributed by atoms with Gasteiger partial charge in [0.25, 0.3) is 0 Å². The molecule has 0 aliphatic heterocycles. The zero-order valence-electron chi connectivity index (χ0n) is 13.1. The van der Waals surface area contributed by atoms with Crippen molar-refractivity contribution in [1.29, 1.82) is 0 Å². The fourth-order valence-electron chi connectivity index (χ4n) is 2.70. The average Bonchev–Trinajstić information content (AvgIpc) is 3.02. The SMILES string of the molecule is CC(NC(=O)CCNC(=O)NC1CCCCC1)c1ccco1. The highest BCUT2D eigenvalue weighted by Gasteiger charge is 2.16. The largest absolute Gasteiger partial charge is 0.467 e. The van der Waals surface area contributed by atoms with E-state index in [1.807, 2.05) is 13.0 Å². The zero-order valence-corrected chi connectivity index (χ0v) is 13.1. The van der Waals surface area contributed by atoms with Gasteiger partial charge in [0.15, 0.2) is 0 Å². The molecule has 2 rings (SSSR count). The van der Waals surface area contributed by atoms with Crippen molar-refractivity contribution in [3.63, 3.8) is 0 Å². The second-order valence-electron chi connectivity index (χ2n) is 5.79. The van der Waals surface area contributed by atoms with Gasteiger partial charge in [-0.05, 0) is 31.9 Å². The molecule has 3 amide bonds. The molecule has 0 bridgehead atoms. The van der Waals surface area contributed by atoms with E-state index in [0.717, 1.165) is 18.6 Å². The van der Waals surface area contributed by atoms with Crippen molar-refractivity contribution in [3.05, 3.63) is 24.2 Å². The number of carbonyl (C=O) groups is 2. The molecule has 0 spiro atoms. The van der Waals surface area contributed by atoms with Crippen molar-refractivity contribution < 1.29 is 14.0 Å². The van der Waals surface area contributed by atoms with Crippen molar-refractivity contribution in [2.24, 2.45) is 0 Å². The summed E-state index contributed by atoms with van der Waals surface area (Å²) < 4.78 is 5.23. The van der Waals surface area contributed by atoms with Crippen molar-refractivity contribution in [2.75, 3.05) is 6.54 Å². The van der Waals surface area contributed by atoms with Gasteiger partial charge < -0.3 is 20.4 Å². The van der Waals surface area contributed by atoms with E-state index in [0.29, 0.717) is 6.54 Å². The maximum Gasteiger partial charge on any atom is 0.315 e. The van der Waals surface area contributed by atoms with Gasteiger partial charge >= 0.3 is 6.03 Å². The van der Waals surface area contributed by atoms with Crippen molar-refractivity contribution in [2.45, 2.75) is 57.5 Å². The molecular weight excluding hydrogens is 282 g/mol. The average molecular weight is 307 g/mol. The van der Waals surface area contributed by atoms with Crippen LogP contribution in [0.5, 0.6) is 0 Å². The molecule has 1 unspecified atom stereocenters. The Morgan fingerprint density at radius 3 is 2.77 bits per heavy atom. The van der Waals surface area contributed by atoms with Gasteiger partial charge in [0, 0.05) is 19.0 Å². The number of carbonyl (C=O) groups excluding carboxylic acids is 2. The summed E-state index contributed by atoms with van der Waals surface area (Å²) in [6.45, 7) is 2.19. The van der Waals surface area contributed by atoms with Gasteiger partial charge in [0.05, 0.1) is 12.3 Å². The number of nitrogens with one attached hydrogen (secondary N) is 3. The quantitative estimate of drug-likeness (QED) is 0.755. The van der Waals surface area contributed by atoms with Crippen LogP contribution in [0.15, 0.2) is 22.8 Å². The first-order valence-electron chi connectivity index (χ1n) is 8.02. The second kappa shape index (κ2) is 8.46. The predicted molar refractivity (Wildman–Crippen MR) is 83.3 cm³/mol. The second-order valence-corrected chi connectivity index (χ2v) is 5.79. The number of rotatable bonds is 6. The van der Waals surface area contributed by atoms with Gasteiger partial charge in [-0.15, -0.1) is 0 Å². The topological polar surface area (TPSA) is 83.4 Å². The van der Waals surface area contributed by atoms with Gasteiger partial charge in [-0.1, -0.05) is 19.3 Å². The summed E-state index contributed by atoms with van der Waals surface area (Å²) in [5.74, 6) is 0.609. The lowest BCUT2D eigenvalue weighted by molar-refractivity contribution is -0.121. The van der Waals surface area contributed by atoms with E-state index in [1.54, 1.807) is 12.3 Å². The molecule has 1 aromatic heterocycles. The van der Waals surface area contributed by atoms with E-state index < -0.39 is 0 Å². The summed E-state index contributed by atoms with van der Waals surface area (Å²) in [5.41, 5.74) is 0. The highest BCUT2D eigenvalue weighted by Crippen LogP contribution is 2.17. The van der Waals surface area contributed by atoms with Crippen LogP contribution in [0.2, 0.25) is 0 Å². The van der Waals surface area contributed by atoms with Crippen LogP contribution in [0.3, 0.4) is 0 Å². The number of furan rings is 1. The van der Waals surface area contributed by atoms with Crippen LogP contribution < -0.4 is 16.0 Å².